The highest BCUT2D eigenvalue weighted by Crippen LogP contribution is 2.35. The summed E-state index contributed by atoms with van der Waals surface area (Å²) >= 11 is 0. The molecule has 0 radical (unpaired) electrons. The summed E-state index contributed by atoms with van der Waals surface area (Å²) in [6.07, 6.45) is 6.83. The molecule has 2 aliphatic heterocycles. The van der Waals surface area contributed by atoms with E-state index in [4.69, 9.17) is 11.5 Å². The van der Waals surface area contributed by atoms with Crippen LogP contribution in [-0.4, -0.2) is 42.7 Å². The van der Waals surface area contributed by atoms with Crippen molar-refractivity contribution in [2.45, 2.75) is 37.4 Å². The van der Waals surface area contributed by atoms with Crippen LogP contribution in [-0.2, 0) is 0 Å². The number of likely N-dealkylation sites (tertiary alicyclic amines) is 1. The maximum atomic E-state index is 6.41. The summed E-state index contributed by atoms with van der Waals surface area (Å²) in [6, 6.07) is 0.557. The second-order valence-corrected chi connectivity index (χ2v) is 6.03. The fourth-order valence-corrected chi connectivity index (χ4v) is 2.98. The molecule has 2 heterocycles. The lowest BCUT2D eigenvalue weighted by Crippen LogP contribution is -2.60. The van der Waals surface area contributed by atoms with Gasteiger partial charge in [0.05, 0.1) is 0 Å². The van der Waals surface area contributed by atoms with Crippen LogP contribution in [0.15, 0.2) is 16.9 Å². The molecule has 1 aliphatic carbocycles. The van der Waals surface area contributed by atoms with Gasteiger partial charge in [0, 0.05) is 19.1 Å². The van der Waals surface area contributed by atoms with Gasteiger partial charge in [-0.05, 0) is 25.5 Å². The molecule has 0 aromatic heterocycles. The summed E-state index contributed by atoms with van der Waals surface area (Å²) in [5, 5.41) is 6.40. The van der Waals surface area contributed by atoms with Crippen molar-refractivity contribution in [1.29, 1.82) is 0 Å². The summed E-state index contributed by atoms with van der Waals surface area (Å²) < 4.78 is 0. The number of aliphatic imine (C=N–C) groups is 1. The first kappa shape index (κ1) is 12.7. The first-order chi connectivity index (χ1) is 9.08. The summed E-state index contributed by atoms with van der Waals surface area (Å²) in [5.74, 6) is 2.16. The molecule has 19 heavy (non-hydrogen) atoms. The van der Waals surface area contributed by atoms with Gasteiger partial charge in [0.2, 0.25) is 0 Å². The van der Waals surface area contributed by atoms with E-state index in [9.17, 15) is 0 Å². The molecule has 2 fully saturated rings. The van der Waals surface area contributed by atoms with E-state index >= 15 is 0 Å². The van der Waals surface area contributed by atoms with Crippen LogP contribution in [0.4, 0.5) is 0 Å². The van der Waals surface area contributed by atoms with Crippen LogP contribution >= 0.6 is 0 Å². The van der Waals surface area contributed by atoms with Crippen LogP contribution < -0.4 is 22.1 Å². The van der Waals surface area contributed by atoms with Gasteiger partial charge in [-0.3, -0.25) is 0 Å². The predicted molar refractivity (Wildman–Crippen MR) is 76.1 cm³/mol. The topological polar surface area (TPSA) is 91.7 Å². The number of nitrogens with two attached hydrogens (primary N) is 2. The normalized spacial score (nSPS) is 32.0. The Morgan fingerprint density at radius 3 is 2.84 bits per heavy atom. The Morgan fingerprint density at radius 1 is 1.53 bits per heavy atom. The minimum Gasteiger partial charge on any atom is -0.370 e. The zero-order valence-electron chi connectivity index (χ0n) is 11.5. The standard InChI is InChI=1S/C13H24N6/c1-16-10-7-19(8-10)11-6-13(15,18-12(14)17-11)5-9-3-2-4-9/h6,9-10,16H,2-5,7-8,15H2,1H3,(H3,14,17,18). The highest BCUT2D eigenvalue weighted by Gasteiger charge is 2.35. The summed E-state index contributed by atoms with van der Waals surface area (Å²) in [4.78, 5) is 6.66. The number of hydrogen-bond donors (Lipinski definition) is 4. The molecular formula is C13H24N6. The number of guanidine groups is 1. The lowest BCUT2D eigenvalue weighted by molar-refractivity contribution is 0.165. The van der Waals surface area contributed by atoms with Crippen molar-refractivity contribution in [1.82, 2.24) is 15.5 Å². The summed E-state index contributed by atoms with van der Waals surface area (Å²) in [6.45, 7) is 1.98. The molecule has 1 saturated heterocycles. The molecule has 106 valence electrons. The molecule has 0 aromatic carbocycles. The Labute approximate surface area is 114 Å². The largest absolute Gasteiger partial charge is 0.370 e. The summed E-state index contributed by atoms with van der Waals surface area (Å²) in [5.41, 5.74) is 11.7. The third kappa shape index (κ3) is 2.55. The fraction of sp³-hybridized carbons (Fsp3) is 0.769. The van der Waals surface area contributed by atoms with E-state index in [-0.39, 0.29) is 0 Å². The molecule has 0 spiro atoms. The highest BCUT2D eigenvalue weighted by molar-refractivity contribution is 5.81. The van der Waals surface area contributed by atoms with Gasteiger partial charge in [0.25, 0.3) is 0 Å². The molecule has 1 unspecified atom stereocenters. The molecule has 3 aliphatic rings. The molecular weight excluding hydrogens is 240 g/mol. The van der Waals surface area contributed by atoms with Gasteiger partial charge in [-0.2, -0.15) is 0 Å². The molecule has 1 atom stereocenters. The van der Waals surface area contributed by atoms with E-state index < -0.39 is 5.66 Å². The van der Waals surface area contributed by atoms with Crippen LogP contribution in [0, 0.1) is 5.92 Å². The van der Waals surface area contributed by atoms with E-state index in [0.717, 1.165) is 25.3 Å². The Hall–Kier alpha value is -1.27. The van der Waals surface area contributed by atoms with Crippen molar-refractivity contribution in [3.05, 3.63) is 11.9 Å². The average Bonchev–Trinajstić information content (AvgIpc) is 2.21. The fourth-order valence-electron chi connectivity index (χ4n) is 2.98. The van der Waals surface area contributed by atoms with Crippen molar-refractivity contribution in [3.63, 3.8) is 0 Å². The molecule has 3 rings (SSSR count). The van der Waals surface area contributed by atoms with Crippen LogP contribution in [0.2, 0.25) is 0 Å². The maximum absolute atomic E-state index is 6.41. The highest BCUT2D eigenvalue weighted by atomic mass is 15.4. The quantitative estimate of drug-likeness (QED) is 0.549. The van der Waals surface area contributed by atoms with Crippen molar-refractivity contribution < 1.29 is 0 Å². The van der Waals surface area contributed by atoms with Crippen LogP contribution in [0.3, 0.4) is 0 Å². The Balaban J connectivity index is 1.68. The van der Waals surface area contributed by atoms with Crippen molar-refractivity contribution in [2.75, 3.05) is 20.1 Å². The van der Waals surface area contributed by atoms with Gasteiger partial charge in [0.15, 0.2) is 5.96 Å². The Morgan fingerprint density at radius 2 is 2.26 bits per heavy atom. The SMILES string of the molecule is CNC1CN(C2=CC(N)(CC3CCC3)N=C(N)N2)C1. The van der Waals surface area contributed by atoms with Gasteiger partial charge in [0.1, 0.15) is 11.5 Å². The first-order valence-corrected chi connectivity index (χ1v) is 7.14. The zero-order chi connectivity index (χ0) is 13.5. The van der Waals surface area contributed by atoms with Gasteiger partial charge < -0.3 is 27.0 Å². The zero-order valence-corrected chi connectivity index (χ0v) is 11.5. The Kier molecular flexibility index (Phi) is 3.14. The second kappa shape index (κ2) is 4.68. The molecule has 6 N–H and O–H groups in total. The number of hydrogen-bond acceptors (Lipinski definition) is 6. The third-order valence-electron chi connectivity index (χ3n) is 4.44. The lowest BCUT2D eigenvalue weighted by Gasteiger charge is -2.44. The van der Waals surface area contributed by atoms with E-state index in [1.54, 1.807) is 0 Å². The molecule has 6 heteroatoms. The number of nitrogens with zero attached hydrogens (tertiary/aromatic N) is 2. The molecule has 1 saturated carbocycles. The minimum absolute atomic E-state index is 0.437. The van der Waals surface area contributed by atoms with Gasteiger partial charge in [-0.25, -0.2) is 4.99 Å². The minimum atomic E-state index is -0.625. The van der Waals surface area contributed by atoms with Crippen molar-refractivity contribution >= 4 is 5.96 Å². The average molecular weight is 264 g/mol. The van der Waals surface area contributed by atoms with Gasteiger partial charge in [-0.15, -0.1) is 0 Å². The van der Waals surface area contributed by atoms with Crippen LogP contribution in [0.1, 0.15) is 25.7 Å². The van der Waals surface area contributed by atoms with Crippen LogP contribution in [0.5, 0.6) is 0 Å². The number of nitrogens with one attached hydrogen (secondary N) is 2. The maximum Gasteiger partial charge on any atom is 0.196 e. The number of rotatable bonds is 4. The Bertz CT molecular complexity index is 407. The monoisotopic (exact) mass is 264 g/mol. The molecule has 0 bridgehead atoms. The molecule has 0 aromatic rings. The lowest BCUT2D eigenvalue weighted by atomic mass is 9.79. The first-order valence-electron chi connectivity index (χ1n) is 7.14. The third-order valence-corrected chi connectivity index (χ3v) is 4.44. The van der Waals surface area contributed by atoms with Gasteiger partial charge >= 0.3 is 0 Å². The second-order valence-electron chi connectivity index (χ2n) is 6.03. The van der Waals surface area contributed by atoms with Crippen molar-refractivity contribution in [3.8, 4) is 0 Å². The van der Waals surface area contributed by atoms with Crippen molar-refractivity contribution in [2.24, 2.45) is 22.4 Å². The number of likely N-dealkylation sites (N-methyl/N-ethyl adjacent to an activating group) is 1. The predicted octanol–water partition coefficient (Wildman–Crippen LogP) is -0.505. The van der Waals surface area contributed by atoms with E-state index in [0.29, 0.717) is 17.9 Å². The molecule has 0 amide bonds. The smallest absolute Gasteiger partial charge is 0.196 e. The van der Waals surface area contributed by atoms with Crippen LogP contribution in [0.25, 0.3) is 0 Å². The van der Waals surface area contributed by atoms with Gasteiger partial charge in [-0.1, -0.05) is 19.3 Å². The summed E-state index contributed by atoms with van der Waals surface area (Å²) in [7, 11) is 1.99. The van der Waals surface area contributed by atoms with E-state index in [2.05, 4.69) is 20.5 Å². The molecule has 6 nitrogen and oxygen atoms in total. The van der Waals surface area contributed by atoms with E-state index in [1.807, 2.05) is 13.1 Å². The van der Waals surface area contributed by atoms with E-state index in [1.165, 1.54) is 19.3 Å².